The number of hydrogen-bond acceptors (Lipinski definition) is 2. The molecule has 1 heterocycles. The van der Waals surface area contributed by atoms with Crippen LogP contribution in [0.3, 0.4) is 0 Å². The first kappa shape index (κ1) is 14.1. The first-order valence-corrected chi connectivity index (χ1v) is 8.28. The SMILES string of the molecule is CCCC(NC1CCC(C)(C)CC1)c1cccs1. The van der Waals surface area contributed by atoms with Crippen molar-refractivity contribution in [3.05, 3.63) is 22.4 Å². The van der Waals surface area contributed by atoms with Gasteiger partial charge in [-0.25, -0.2) is 0 Å². The predicted octanol–water partition coefficient (Wildman–Crippen LogP) is 5.15. The third kappa shape index (κ3) is 3.83. The van der Waals surface area contributed by atoms with E-state index in [2.05, 4.69) is 43.6 Å². The van der Waals surface area contributed by atoms with E-state index in [0.717, 1.165) is 6.04 Å². The van der Waals surface area contributed by atoms with Crippen molar-refractivity contribution in [2.24, 2.45) is 5.41 Å². The molecule has 1 aromatic heterocycles. The van der Waals surface area contributed by atoms with Crippen LogP contribution in [0.2, 0.25) is 0 Å². The van der Waals surface area contributed by atoms with Gasteiger partial charge in [0.1, 0.15) is 0 Å². The van der Waals surface area contributed by atoms with Gasteiger partial charge in [0.25, 0.3) is 0 Å². The van der Waals surface area contributed by atoms with Crippen LogP contribution in [0.1, 0.15) is 70.2 Å². The highest BCUT2D eigenvalue weighted by Crippen LogP contribution is 2.36. The summed E-state index contributed by atoms with van der Waals surface area (Å²) in [6, 6.07) is 5.77. The van der Waals surface area contributed by atoms with Crippen molar-refractivity contribution in [1.82, 2.24) is 5.32 Å². The van der Waals surface area contributed by atoms with Crippen LogP contribution in [0.5, 0.6) is 0 Å². The molecule has 1 fully saturated rings. The Labute approximate surface area is 116 Å². The van der Waals surface area contributed by atoms with Gasteiger partial charge in [0.05, 0.1) is 0 Å². The highest BCUT2D eigenvalue weighted by atomic mass is 32.1. The standard InChI is InChI=1S/C16H27NS/c1-4-6-14(15-7-5-12-18-15)17-13-8-10-16(2,3)11-9-13/h5,7,12-14,17H,4,6,8-11H2,1-3H3. The molecule has 1 saturated carbocycles. The molecule has 1 nitrogen and oxygen atoms in total. The van der Waals surface area contributed by atoms with Crippen molar-refractivity contribution >= 4 is 11.3 Å². The van der Waals surface area contributed by atoms with Crippen LogP contribution < -0.4 is 5.32 Å². The van der Waals surface area contributed by atoms with Crippen LogP contribution in [0.4, 0.5) is 0 Å². The molecule has 1 unspecified atom stereocenters. The maximum Gasteiger partial charge on any atom is 0.0416 e. The number of nitrogens with one attached hydrogen (secondary N) is 1. The van der Waals surface area contributed by atoms with Crippen LogP contribution in [-0.2, 0) is 0 Å². The summed E-state index contributed by atoms with van der Waals surface area (Å²) in [5.41, 5.74) is 0.571. The summed E-state index contributed by atoms with van der Waals surface area (Å²) < 4.78 is 0. The Balaban J connectivity index is 1.90. The number of rotatable bonds is 5. The molecule has 18 heavy (non-hydrogen) atoms. The summed E-state index contributed by atoms with van der Waals surface area (Å²) in [5.74, 6) is 0. The van der Waals surface area contributed by atoms with E-state index in [1.165, 1.54) is 43.4 Å². The minimum Gasteiger partial charge on any atom is -0.306 e. The fourth-order valence-electron chi connectivity index (χ4n) is 2.94. The summed E-state index contributed by atoms with van der Waals surface area (Å²) in [7, 11) is 0. The average Bonchev–Trinajstić information content (AvgIpc) is 2.84. The van der Waals surface area contributed by atoms with E-state index in [9.17, 15) is 0 Å². The maximum atomic E-state index is 3.91. The van der Waals surface area contributed by atoms with Crippen molar-refractivity contribution in [2.45, 2.75) is 71.4 Å². The van der Waals surface area contributed by atoms with Gasteiger partial charge in [-0.3, -0.25) is 0 Å². The normalized spacial score (nSPS) is 21.9. The predicted molar refractivity (Wildman–Crippen MR) is 81.1 cm³/mol. The van der Waals surface area contributed by atoms with E-state index in [4.69, 9.17) is 0 Å². The minimum absolute atomic E-state index is 0.571. The van der Waals surface area contributed by atoms with E-state index >= 15 is 0 Å². The maximum absolute atomic E-state index is 3.91. The molecule has 0 aromatic carbocycles. The quantitative estimate of drug-likeness (QED) is 0.776. The molecule has 0 bridgehead atoms. The molecule has 0 aliphatic heterocycles. The smallest absolute Gasteiger partial charge is 0.0416 e. The Bertz CT molecular complexity index is 332. The average molecular weight is 265 g/mol. The van der Waals surface area contributed by atoms with Gasteiger partial charge in [-0.05, 0) is 49.0 Å². The third-order valence-electron chi connectivity index (χ3n) is 4.24. The highest BCUT2D eigenvalue weighted by molar-refractivity contribution is 7.10. The lowest BCUT2D eigenvalue weighted by Crippen LogP contribution is -2.37. The molecule has 2 heteroatoms. The van der Waals surface area contributed by atoms with Crippen LogP contribution in [0.15, 0.2) is 17.5 Å². The lowest BCUT2D eigenvalue weighted by molar-refractivity contribution is 0.197. The van der Waals surface area contributed by atoms with Gasteiger partial charge in [0.15, 0.2) is 0 Å². The lowest BCUT2D eigenvalue weighted by Gasteiger charge is -2.36. The molecule has 1 N–H and O–H groups in total. The van der Waals surface area contributed by atoms with Crippen LogP contribution in [-0.4, -0.2) is 6.04 Å². The molecular formula is C16H27NS. The molecule has 1 aromatic rings. The van der Waals surface area contributed by atoms with Gasteiger partial charge in [-0.2, -0.15) is 0 Å². The molecule has 2 rings (SSSR count). The van der Waals surface area contributed by atoms with Gasteiger partial charge >= 0.3 is 0 Å². The molecule has 0 spiro atoms. The lowest BCUT2D eigenvalue weighted by atomic mass is 9.75. The second-order valence-corrected chi connectivity index (χ2v) is 7.44. The van der Waals surface area contributed by atoms with Crippen molar-refractivity contribution in [3.63, 3.8) is 0 Å². The third-order valence-corrected chi connectivity index (χ3v) is 5.23. The molecule has 1 atom stereocenters. The number of hydrogen-bond donors (Lipinski definition) is 1. The van der Waals surface area contributed by atoms with E-state index in [1.54, 1.807) is 0 Å². The Kier molecular flexibility index (Phi) is 4.85. The largest absolute Gasteiger partial charge is 0.306 e. The zero-order valence-corrected chi connectivity index (χ0v) is 12.9. The number of thiophene rings is 1. The van der Waals surface area contributed by atoms with Gasteiger partial charge in [-0.1, -0.05) is 33.3 Å². The first-order valence-electron chi connectivity index (χ1n) is 7.40. The summed E-state index contributed by atoms with van der Waals surface area (Å²) in [5, 5.41) is 6.11. The second kappa shape index (κ2) is 6.21. The summed E-state index contributed by atoms with van der Waals surface area (Å²) in [6.07, 6.45) is 7.95. The fourth-order valence-corrected chi connectivity index (χ4v) is 3.76. The van der Waals surface area contributed by atoms with E-state index in [-0.39, 0.29) is 0 Å². The molecular weight excluding hydrogens is 238 g/mol. The van der Waals surface area contributed by atoms with Crippen LogP contribution in [0, 0.1) is 5.41 Å². The zero-order chi connectivity index (χ0) is 13.0. The van der Waals surface area contributed by atoms with Crippen molar-refractivity contribution in [2.75, 3.05) is 0 Å². The van der Waals surface area contributed by atoms with Crippen LogP contribution >= 0.6 is 11.3 Å². The fraction of sp³-hybridized carbons (Fsp3) is 0.750. The monoisotopic (exact) mass is 265 g/mol. The Morgan fingerprint density at radius 3 is 2.67 bits per heavy atom. The molecule has 0 saturated heterocycles. The van der Waals surface area contributed by atoms with Gasteiger partial charge in [-0.15, -0.1) is 11.3 Å². The Morgan fingerprint density at radius 2 is 2.11 bits per heavy atom. The summed E-state index contributed by atoms with van der Waals surface area (Å²) in [4.78, 5) is 1.52. The molecule has 102 valence electrons. The molecule has 1 aliphatic rings. The second-order valence-electron chi connectivity index (χ2n) is 6.46. The zero-order valence-electron chi connectivity index (χ0n) is 12.0. The van der Waals surface area contributed by atoms with E-state index in [1.807, 2.05) is 11.3 Å². The van der Waals surface area contributed by atoms with Crippen LogP contribution in [0.25, 0.3) is 0 Å². The van der Waals surface area contributed by atoms with Crippen molar-refractivity contribution in [1.29, 1.82) is 0 Å². The Hall–Kier alpha value is -0.340. The molecule has 0 radical (unpaired) electrons. The first-order chi connectivity index (χ1) is 8.61. The topological polar surface area (TPSA) is 12.0 Å². The highest BCUT2D eigenvalue weighted by Gasteiger charge is 2.28. The van der Waals surface area contributed by atoms with Crippen molar-refractivity contribution in [3.8, 4) is 0 Å². The summed E-state index contributed by atoms with van der Waals surface area (Å²) >= 11 is 1.90. The van der Waals surface area contributed by atoms with E-state index in [0.29, 0.717) is 11.5 Å². The Morgan fingerprint density at radius 1 is 1.39 bits per heavy atom. The van der Waals surface area contributed by atoms with Gasteiger partial charge < -0.3 is 5.32 Å². The molecule has 1 aliphatic carbocycles. The summed E-state index contributed by atoms with van der Waals surface area (Å²) in [6.45, 7) is 7.10. The van der Waals surface area contributed by atoms with Crippen molar-refractivity contribution < 1.29 is 0 Å². The molecule has 0 amide bonds. The van der Waals surface area contributed by atoms with Gasteiger partial charge in [0, 0.05) is 17.0 Å². The van der Waals surface area contributed by atoms with Gasteiger partial charge in [0.2, 0.25) is 0 Å². The van der Waals surface area contributed by atoms with E-state index < -0.39 is 0 Å². The minimum atomic E-state index is 0.571.